The summed E-state index contributed by atoms with van der Waals surface area (Å²) in [6, 6.07) is 7.18. The van der Waals surface area contributed by atoms with E-state index >= 15 is 0 Å². The number of hydrogen-bond donors (Lipinski definition) is 2. The second-order valence-electron chi connectivity index (χ2n) is 4.32. The van der Waals surface area contributed by atoms with Crippen LogP contribution in [-0.2, 0) is 0 Å². The van der Waals surface area contributed by atoms with Gasteiger partial charge in [0, 0.05) is 10.6 Å². The topological polar surface area (TPSA) is 49.3 Å². The number of carbonyl (C=O) groups is 1. The number of anilines is 1. The molecule has 4 heteroatoms. The molecule has 1 aromatic carbocycles. The van der Waals surface area contributed by atoms with E-state index in [-0.39, 0.29) is 11.7 Å². The van der Waals surface area contributed by atoms with Gasteiger partial charge in [0.05, 0.1) is 4.88 Å². The van der Waals surface area contributed by atoms with Crippen molar-refractivity contribution >= 4 is 22.9 Å². The first kappa shape index (κ1) is 12.6. The number of carbonyl (C=O) groups excluding carboxylic acids is 1. The van der Waals surface area contributed by atoms with Gasteiger partial charge in [-0.15, -0.1) is 11.3 Å². The molecule has 18 heavy (non-hydrogen) atoms. The van der Waals surface area contributed by atoms with E-state index in [1.54, 1.807) is 19.1 Å². The zero-order valence-electron chi connectivity index (χ0n) is 10.6. The van der Waals surface area contributed by atoms with Crippen LogP contribution in [0.15, 0.2) is 24.3 Å². The number of nitrogens with one attached hydrogen (secondary N) is 1. The Balaban J connectivity index is 2.24. The number of aromatic hydroxyl groups is 1. The molecular formula is C14H15NO2S. The van der Waals surface area contributed by atoms with Crippen molar-refractivity contribution < 1.29 is 9.90 Å². The molecular weight excluding hydrogens is 246 g/mol. The van der Waals surface area contributed by atoms with Crippen LogP contribution < -0.4 is 5.32 Å². The van der Waals surface area contributed by atoms with Crippen LogP contribution >= 0.6 is 11.3 Å². The van der Waals surface area contributed by atoms with E-state index in [2.05, 4.69) is 5.32 Å². The molecule has 1 aromatic heterocycles. The van der Waals surface area contributed by atoms with Crippen LogP contribution in [0.5, 0.6) is 5.75 Å². The van der Waals surface area contributed by atoms with E-state index in [1.165, 1.54) is 11.3 Å². The number of phenols is 1. The average molecular weight is 261 g/mol. The Bertz CT molecular complexity index is 602. The van der Waals surface area contributed by atoms with E-state index in [4.69, 9.17) is 0 Å². The Hall–Kier alpha value is -1.81. The van der Waals surface area contributed by atoms with E-state index < -0.39 is 0 Å². The Labute approximate surface area is 110 Å². The number of rotatable bonds is 2. The molecule has 0 atom stereocenters. The lowest BCUT2D eigenvalue weighted by Gasteiger charge is -2.09. The van der Waals surface area contributed by atoms with Crippen LogP contribution in [0, 0.1) is 20.8 Å². The molecule has 0 aliphatic heterocycles. The molecule has 0 bridgehead atoms. The van der Waals surface area contributed by atoms with Gasteiger partial charge in [0.2, 0.25) is 0 Å². The highest BCUT2D eigenvalue weighted by Crippen LogP contribution is 2.26. The van der Waals surface area contributed by atoms with Gasteiger partial charge in [-0.05, 0) is 56.2 Å². The predicted molar refractivity (Wildman–Crippen MR) is 74.6 cm³/mol. The van der Waals surface area contributed by atoms with Crippen LogP contribution in [0.25, 0.3) is 0 Å². The fraction of sp³-hybridized carbons (Fsp3) is 0.214. The lowest BCUT2D eigenvalue weighted by atomic mass is 10.1. The molecule has 94 valence electrons. The van der Waals surface area contributed by atoms with Gasteiger partial charge in [0.15, 0.2) is 0 Å². The van der Waals surface area contributed by atoms with Crippen LogP contribution in [0.1, 0.15) is 25.7 Å². The molecule has 0 fully saturated rings. The van der Waals surface area contributed by atoms with Gasteiger partial charge in [-0.3, -0.25) is 4.79 Å². The molecule has 0 unspecified atom stereocenters. The van der Waals surface area contributed by atoms with Gasteiger partial charge in [-0.1, -0.05) is 0 Å². The van der Waals surface area contributed by atoms with Gasteiger partial charge >= 0.3 is 0 Å². The Morgan fingerprint density at radius 2 is 1.89 bits per heavy atom. The van der Waals surface area contributed by atoms with Crippen molar-refractivity contribution in [3.63, 3.8) is 0 Å². The number of thiophene rings is 1. The van der Waals surface area contributed by atoms with E-state index in [1.807, 2.05) is 26.0 Å². The first-order valence-electron chi connectivity index (χ1n) is 5.65. The molecule has 2 N–H and O–H groups in total. The molecule has 0 aliphatic carbocycles. The van der Waals surface area contributed by atoms with Crippen molar-refractivity contribution in [3.8, 4) is 5.75 Å². The lowest BCUT2D eigenvalue weighted by Crippen LogP contribution is -2.11. The first-order valence-corrected chi connectivity index (χ1v) is 6.47. The largest absolute Gasteiger partial charge is 0.508 e. The molecule has 0 spiro atoms. The van der Waals surface area contributed by atoms with Crippen molar-refractivity contribution in [3.05, 3.63) is 45.1 Å². The van der Waals surface area contributed by atoms with Crippen LogP contribution in [-0.4, -0.2) is 11.0 Å². The Kier molecular flexibility index (Phi) is 3.39. The number of phenolic OH excluding ortho intramolecular Hbond substituents is 1. The molecule has 0 radical (unpaired) electrons. The fourth-order valence-electron chi connectivity index (χ4n) is 1.68. The summed E-state index contributed by atoms with van der Waals surface area (Å²) in [6.07, 6.45) is 0. The molecule has 2 rings (SSSR count). The van der Waals surface area contributed by atoms with Crippen molar-refractivity contribution in [2.24, 2.45) is 0 Å². The number of hydrogen-bond acceptors (Lipinski definition) is 3. The van der Waals surface area contributed by atoms with E-state index in [0.717, 1.165) is 21.7 Å². The number of benzene rings is 1. The molecule has 2 aromatic rings. The summed E-state index contributed by atoms with van der Waals surface area (Å²) in [5.74, 6) is 0.138. The molecule has 1 amide bonds. The van der Waals surface area contributed by atoms with Crippen LogP contribution in [0.2, 0.25) is 0 Å². The minimum atomic E-state index is -0.110. The summed E-state index contributed by atoms with van der Waals surface area (Å²) >= 11 is 1.47. The maximum Gasteiger partial charge on any atom is 0.265 e. The quantitative estimate of drug-likeness (QED) is 0.811. The van der Waals surface area contributed by atoms with Crippen molar-refractivity contribution in [1.29, 1.82) is 0 Å². The first-order chi connectivity index (χ1) is 8.47. The SMILES string of the molecule is Cc1ccc(C(=O)Nc2cc(C)c(O)cc2C)s1. The van der Waals surface area contributed by atoms with E-state index in [0.29, 0.717) is 4.88 Å². The zero-order valence-corrected chi connectivity index (χ0v) is 11.4. The standard InChI is InChI=1S/C14H15NO2S/c1-8-7-12(16)9(2)6-11(8)15-14(17)13-5-4-10(3)18-13/h4-7,16H,1-3H3,(H,15,17). The minimum absolute atomic E-state index is 0.110. The average Bonchev–Trinajstić information content (AvgIpc) is 2.73. The van der Waals surface area contributed by atoms with Gasteiger partial charge < -0.3 is 10.4 Å². The minimum Gasteiger partial charge on any atom is -0.508 e. The Morgan fingerprint density at radius 3 is 2.50 bits per heavy atom. The summed E-state index contributed by atoms with van der Waals surface area (Å²) in [4.78, 5) is 13.8. The lowest BCUT2D eigenvalue weighted by molar-refractivity contribution is 0.103. The van der Waals surface area contributed by atoms with Gasteiger partial charge in [0.25, 0.3) is 5.91 Å². The maximum absolute atomic E-state index is 12.0. The highest BCUT2D eigenvalue weighted by atomic mass is 32.1. The summed E-state index contributed by atoms with van der Waals surface area (Å²) < 4.78 is 0. The summed E-state index contributed by atoms with van der Waals surface area (Å²) in [5.41, 5.74) is 2.33. The predicted octanol–water partition coefficient (Wildman–Crippen LogP) is 3.63. The Morgan fingerprint density at radius 1 is 1.17 bits per heavy atom. The van der Waals surface area contributed by atoms with Crippen molar-refractivity contribution in [2.75, 3.05) is 5.32 Å². The van der Waals surface area contributed by atoms with Crippen LogP contribution in [0.3, 0.4) is 0 Å². The fourth-order valence-corrected chi connectivity index (χ4v) is 2.44. The molecule has 3 nitrogen and oxygen atoms in total. The highest BCUT2D eigenvalue weighted by Gasteiger charge is 2.11. The molecule has 0 saturated carbocycles. The third-order valence-corrected chi connectivity index (χ3v) is 3.75. The summed E-state index contributed by atoms with van der Waals surface area (Å²) in [5, 5.41) is 12.4. The maximum atomic E-state index is 12.0. The van der Waals surface area contributed by atoms with Crippen LogP contribution in [0.4, 0.5) is 5.69 Å². The summed E-state index contributed by atoms with van der Waals surface area (Å²) in [6.45, 7) is 5.63. The van der Waals surface area contributed by atoms with E-state index in [9.17, 15) is 9.90 Å². The third kappa shape index (κ3) is 2.54. The second kappa shape index (κ2) is 4.82. The monoisotopic (exact) mass is 261 g/mol. The van der Waals surface area contributed by atoms with Gasteiger partial charge in [-0.2, -0.15) is 0 Å². The van der Waals surface area contributed by atoms with Crippen molar-refractivity contribution in [2.45, 2.75) is 20.8 Å². The zero-order chi connectivity index (χ0) is 13.3. The third-order valence-electron chi connectivity index (χ3n) is 2.76. The number of aryl methyl sites for hydroxylation is 3. The number of amides is 1. The highest BCUT2D eigenvalue weighted by molar-refractivity contribution is 7.14. The smallest absolute Gasteiger partial charge is 0.265 e. The van der Waals surface area contributed by atoms with Gasteiger partial charge in [-0.25, -0.2) is 0 Å². The second-order valence-corrected chi connectivity index (χ2v) is 5.61. The molecule has 1 heterocycles. The molecule has 0 aliphatic rings. The summed E-state index contributed by atoms with van der Waals surface area (Å²) in [7, 11) is 0. The molecule has 0 saturated heterocycles. The van der Waals surface area contributed by atoms with Crippen molar-refractivity contribution in [1.82, 2.24) is 0 Å². The normalized spacial score (nSPS) is 10.4. The van der Waals surface area contributed by atoms with Gasteiger partial charge in [0.1, 0.15) is 5.75 Å².